The molecule has 2 nitrogen and oxygen atoms in total. The first-order valence-corrected chi connectivity index (χ1v) is 18.3. The quantitative estimate of drug-likeness (QED) is 0.313. The van der Waals surface area contributed by atoms with Crippen molar-refractivity contribution in [2.75, 3.05) is 11.4 Å². The zero-order valence-corrected chi connectivity index (χ0v) is 30.3. The summed E-state index contributed by atoms with van der Waals surface area (Å²) in [7, 11) is 0. The SMILES string of the molecule is CC1=CC(N(c2cc(C)cc(C)c2)c2ccc3c4c2C=CC2(C)CC=C(N5CCC6C(C)CC=CC65C)C(=C42)C(C)C3)=CC(C)(C)C1. The molecular formula is C45H54N2. The van der Waals surface area contributed by atoms with Crippen LogP contribution in [-0.2, 0) is 6.42 Å². The Balaban J connectivity index is 1.34. The Morgan fingerprint density at radius 2 is 1.70 bits per heavy atom. The lowest BCUT2D eigenvalue weighted by atomic mass is 9.60. The predicted molar refractivity (Wildman–Crippen MR) is 201 cm³/mol. The van der Waals surface area contributed by atoms with Crippen LogP contribution in [0.3, 0.4) is 0 Å². The van der Waals surface area contributed by atoms with Crippen LogP contribution in [0.15, 0.2) is 89.3 Å². The molecule has 2 aromatic rings. The Morgan fingerprint density at radius 1 is 0.936 bits per heavy atom. The van der Waals surface area contributed by atoms with E-state index in [0.29, 0.717) is 5.92 Å². The zero-order chi connectivity index (χ0) is 33.0. The molecule has 47 heavy (non-hydrogen) atoms. The molecule has 0 amide bonds. The van der Waals surface area contributed by atoms with Gasteiger partial charge in [0.2, 0.25) is 0 Å². The van der Waals surface area contributed by atoms with E-state index in [2.05, 4.69) is 145 Å². The largest absolute Gasteiger partial charge is 0.362 e. The summed E-state index contributed by atoms with van der Waals surface area (Å²) in [6, 6.07) is 12.0. The molecule has 5 unspecified atom stereocenters. The Hall–Kier alpha value is -3.52. The number of likely N-dealkylation sites (tertiary alicyclic amines) is 1. The summed E-state index contributed by atoms with van der Waals surface area (Å²) >= 11 is 0. The summed E-state index contributed by atoms with van der Waals surface area (Å²) in [5.74, 6) is 1.96. The minimum atomic E-state index is 0.0109. The Bertz CT molecular complexity index is 1850. The smallest absolute Gasteiger partial charge is 0.0587 e. The van der Waals surface area contributed by atoms with Gasteiger partial charge in [0.15, 0.2) is 0 Å². The van der Waals surface area contributed by atoms with Crippen molar-refractivity contribution in [1.29, 1.82) is 0 Å². The highest BCUT2D eigenvalue weighted by molar-refractivity contribution is 5.95. The van der Waals surface area contributed by atoms with E-state index < -0.39 is 0 Å². The first-order valence-electron chi connectivity index (χ1n) is 18.3. The number of hydrogen-bond donors (Lipinski definition) is 0. The van der Waals surface area contributed by atoms with Crippen LogP contribution in [0.4, 0.5) is 11.4 Å². The van der Waals surface area contributed by atoms with Crippen LogP contribution < -0.4 is 4.90 Å². The van der Waals surface area contributed by atoms with Crippen LogP contribution in [0, 0.1) is 42.4 Å². The second-order valence-corrected chi connectivity index (χ2v) is 17.3. The number of aryl methyl sites for hydroxylation is 2. The number of rotatable bonds is 4. The molecule has 6 aliphatic rings. The van der Waals surface area contributed by atoms with Gasteiger partial charge >= 0.3 is 0 Å². The molecule has 1 aliphatic heterocycles. The number of allylic oxidation sites excluding steroid dienone is 8. The van der Waals surface area contributed by atoms with Gasteiger partial charge in [-0.25, -0.2) is 0 Å². The van der Waals surface area contributed by atoms with Gasteiger partial charge in [0.1, 0.15) is 0 Å². The molecule has 0 saturated carbocycles. The van der Waals surface area contributed by atoms with Gasteiger partial charge in [-0.3, -0.25) is 0 Å². The van der Waals surface area contributed by atoms with Gasteiger partial charge < -0.3 is 9.80 Å². The second kappa shape index (κ2) is 10.5. The Kier molecular flexibility index (Phi) is 6.87. The van der Waals surface area contributed by atoms with Crippen molar-refractivity contribution in [2.45, 2.75) is 100.0 Å². The monoisotopic (exact) mass is 622 g/mol. The lowest BCUT2D eigenvalue weighted by molar-refractivity contribution is 0.165. The minimum absolute atomic E-state index is 0.0109. The van der Waals surface area contributed by atoms with Gasteiger partial charge in [-0.1, -0.05) is 88.8 Å². The van der Waals surface area contributed by atoms with Gasteiger partial charge in [0.25, 0.3) is 0 Å². The molecule has 1 fully saturated rings. The van der Waals surface area contributed by atoms with Crippen LogP contribution in [-0.4, -0.2) is 17.0 Å². The fourth-order valence-electron chi connectivity index (χ4n) is 10.8. The average molecular weight is 623 g/mol. The highest BCUT2D eigenvalue weighted by atomic mass is 15.2. The maximum absolute atomic E-state index is 2.83. The van der Waals surface area contributed by atoms with Crippen molar-refractivity contribution in [2.24, 2.45) is 28.6 Å². The minimum Gasteiger partial charge on any atom is -0.362 e. The molecule has 0 radical (unpaired) electrons. The number of anilines is 2. The van der Waals surface area contributed by atoms with Crippen molar-refractivity contribution >= 4 is 23.0 Å². The topological polar surface area (TPSA) is 6.48 Å². The molecule has 0 spiro atoms. The third-order valence-electron chi connectivity index (χ3n) is 12.6. The van der Waals surface area contributed by atoms with Crippen molar-refractivity contribution in [1.82, 2.24) is 4.90 Å². The zero-order valence-electron chi connectivity index (χ0n) is 30.3. The van der Waals surface area contributed by atoms with Crippen molar-refractivity contribution in [3.05, 3.63) is 117 Å². The van der Waals surface area contributed by atoms with Crippen molar-refractivity contribution in [3.63, 3.8) is 0 Å². The van der Waals surface area contributed by atoms with E-state index in [0.717, 1.165) is 37.6 Å². The normalized spacial score (nSPS) is 31.6. The summed E-state index contributed by atoms with van der Waals surface area (Å²) < 4.78 is 0. The summed E-state index contributed by atoms with van der Waals surface area (Å²) in [5.41, 5.74) is 17.3. The predicted octanol–water partition coefficient (Wildman–Crippen LogP) is 11.6. The number of fused-ring (bicyclic) bond motifs is 1. The molecule has 8 rings (SSSR count). The van der Waals surface area contributed by atoms with E-state index in [1.165, 1.54) is 69.0 Å². The average Bonchev–Trinajstić information content (AvgIpc) is 3.33. The maximum Gasteiger partial charge on any atom is 0.0587 e. The summed E-state index contributed by atoms with van der Waals surface area (Å²) in [5, 5.41) is 0. The molecule has 2 aromatic carbocycles. The highest BCUT2D eigenvalue weighted by Gasteiger charge is 2.51. The van der Waals surface area contributed by atoms with Gasteiger partial charge in [-0.15, -0.1) is 0 Å². The molecule has 2 heteroatoms. The number of benzene rings is 2. The first-order chi connectivity index (χ1) is 22.3. The molecule has 1 heterocycles. The fraction of sp³-hybridized carbons (Fsp3) is 0.467. The first kappa shape index (κ1) is 30.8. The van der Waals surface area contributed by atoms with Crippen molar-refractivity contribution in [3.8, 4) is 0 Å². The van der Waals surface area contributed by atoms with Crippen LogP contribution in [0.25, 0.3) is 11.6 Å². The third kappa shape index (κ3) is 4.72. The van der Waals surface area contributed by atoms with Crippen LogP contribution >= 0.6 is 0 Å². The molecule has 0 aromatic heterocycles. The Labute approximate surface area is 284 Å². The van der Waals surface area contributed by atoms with Crippen molar-refractivity contribution < 1.29 is 0 Å². The van der Waals surface area contributed by atoms with Crippen LogP contribution in [0.2, 0.25) is 0 Å². The van der Waals surface area contributed by atoms with Gasteiger partial charge in [-0.2, -0.15) is 0 Å². The van der Waals surface area contributed by atoms with Crippen LogP contribution in [0.5, 0.6) is 0 Å². The molecule has 1 saturated heterocycles. The van der Waals surface area contributed by atoms with Crippen LogP contribution in [0.1, 0.15) is 102 Å². The summed E-state index contributed by atoms with van der Waals surface area (Å²) in [4.78, 5) is 5.41. The maximum atomic E-state index is 2.83. The lowest BCUT2D eigenvalue weighted by Gasteiger charge is -2.50. The summed E-state index contributed by atoms with van der Waals surface area (Å²) in [6.07, 6.45) is 23.4. The molecule has 0 N–H and O–H groups in total. The summed E-state index contributed by atoms with van der Waals surface area (Å²) in [6.45, 7) is 22.7. The molecule has 5 aliphatic carbocycles. The second-order valence-electron chi connectivity index (χ2n) is 17.3. The molecular weight excluding hydrogens is 569 g/mol. The van der Waals surface area contributed by atoms with Gasteiger partial charge in [0, 0.05) is 34.6 Å². The van der Waals surface area contributed by atoms with Gasteiger partial charge in [0.05, 0.1) is 11.2 Å². The highest BCUT2D eigenvalue weighted by Crippen LogP contribution is 2.60. The molecule has 5 atom stereocenters. The van der Waals surface area contributed by atoms with E-state index in [4.69, 9.17) is 0 Å². The number of nitrogens with zero attached hydrogens (tertiary/aromatic N) is 2. The number of hydrogen-bond acceptors (Lipinski definition) is 2. The van der Waals surface area contributed by atoms with E-state index in [9.17, 15) is 0 Å². The molecule has 0 bridgehead atoms. The Morgan fingerprint density at radius 3 is 2.45 bits per heavy atom. The van der Waals surface area contributed by atoms with Gasteiger partial charge in [-0.05, 0) is 141 Å². The fourth-order valence-corrected chi connectivity index (χ4v) is 10.8. The van der Waals surface area contributed by atoms with E-state index in [1.807, 2.05) is 0 Å². The van der Waals surface area contributed by atoms with E-state index in [1.54, 1.807) is 11.1 Å². The lowest BCUT2D eigenvalue weighted by Crippen LogP contribution is -2.48. The third-order valence-corrected chi connectivity index (χ3v) is 12.6. The standard InChI is InChI=1S/C45H54N2/c1-28-21-29(2)23-34(22-28)47(35-24-30(3)26-43(6,7)27-35)38-13-12-33-25-32(5)40-39(15-19-44(8)18-14-36(38)41(33)42(40)44)46-20-16-37-31(4)11-10-17-45(37,46)9/h10,12-15,17-18,21-24,27,31-32,37H,11,16,19-20,25-26H2,1-9H3. The van der Waals surface area contributed by atoms with E-state index in [-0.39, 0.29) is 16.4 Å². The van der Waals surface area contributed by atoms with E-state index >= 15 is 0 Å². The molecule has 244 valence electrons.